The Labute approximate surface area is 117 Å². The summed E-state index contributed by atoms with van der Waals surface area (Å²) in [6.07, 6.45) is 1.00. The van der Waals surface area contributed by atoms with Crippen LogP contribution >= 0.6 is 0 Å². The maximum Gasteiger partial charge on any atom is 0.326 e. The standard InChI is InChI=1S/C14H18N2O4/c1-2-10(13(17)18)15-14(19)16-11-7-8-20-12-6-4-3-5-9(11)12/h3-6,10-11H,2,7-8H2,1H3,(H,17,18)(H2,15,16,19). The van der Waals surface area contributed by atoms with Crippen LogP contribution in [0.4, 0.5) is 4.79 Å². The van der Waals surface area contributed by atoms with E-state index in [0.29, 0.717) is 19.4 Å². The van der Waals surface area contributed by atoms with Gasteiger partial charge in [0.1, 0.15) is 11.8 Å². The van der Waals surface area contributed by atoms with E-state index in [1.165, 1.54) is 0 Å². The van der Waals surface area contributed by atoms with Gasteiger partial charge in [-0.05, 0) is 12.5 Å². The first-order valence-electron chi connectivity index (χ1n) is 6.63. The minimum atomic E-state index is -1.03. The third-order valence-corrected chi connectivity index (χ3v) is 3.28. The Kier molecular flexibility index (Phi) is 4.45. The van der Waals surface area contributed by atoms with Crippen LogP contribution in [-0.2, 0) is 4.79 Å². The lowest BCUT2D eigenvalue weighted by molar-refractivity contribution is -0.139. The number of carbonyl (C=O) groups is 2. The summed E-state index contributed by atoms with van der Waals surface area (Å²) in [6, 6.07) is 6.00. The zero-order valence-electron chi connectivity index (χ0n) is 11.3. The van der Waals surface area contributed by atoms with Crippen molar-refractivity contribution in [1.82, 2.24) is 10.6 Å². The average Bonchev–Trinajstić information content (AvgIpc) is 2.45. The van der Waals surface area contributed by atoms with Crippen molar-refractivity contribution in [1.29, 1.82) is 0 Å². The topological polar surface area (TPSA) is 87.7 Å². The summed E-state index contributed by atoms with van der Waals surface area (Å²) in [4.78, 5) is 22.8. The zero-order valence-corrected chi connectivity index (χ0v) is 11.3. The SMILES string of the molecule is CCC(NC(=O)NC1CCOc2ccccc21)C(=O)O. The minimum absolute atomic E-state index is 0.161. The van der Waals surface area contributed by atoms with Gasteiger partial charge in [0.2, 0.25) is 0 Å². The fraction of sp³-hybridized carbons (Fsp3) is 0.429. The average molecular weight is 278 g/mol. The van der Waals surface area contributed by atoms with Gasteiger partial charge in [-0.2, -0.15) is 0 Å². The largest absolute Gasteiger partial charge is 0.493 e. The van der Waals surface area contributed by atoms with Crippen molar-refractivity contribution >= 4 is 12.0 Å². The van der Waals surface area contributed by atoms with Crippen molar-refractivity contribution in [3.8, 4) is 5.75 Å². The molecule has 6 heteroatoms. The second-order valence-electron chi connectivity index (χ2n) is 4.64. The van der Waals surface area contributed by atoms with E-state index in [9.17, 15) is 9.59 Å². The van der Waals surface area contributed by atoms with E-state index in [1.54, 1.807) is 6.92 Å². The highest BCUT2D eigenvalue weighted by Gasteiger charge is 2.24. The number of hydrogen-bond donors (Lipinski definition) is 3. The fourth-order valence-corrected chi connectivity index (χ4v) is 2.19. The Morgan fingerprint density at radius 1 is 1.45 bits per heavy atom. The first-order valence-corrected chi connectivity index (χ1v) is 6.63. The quantitative estimate of drug-likeness (QED) is 0.781. The van der Waals surface area contributed by atoms with Crippen LogP contribution in [0.1, 0.15) is 31.4 Å². The van der Waals surface area contributed by atoms with Crippen LogP contribution in [-0.4, -0.2) is 29.8 Å². The fourth-order valence-electron chi connectivity index (χ4n) is 2.19. The number of aliphatic carboxylic acids is 1. The van der Waals surface area contributed by atoms with Crippen LogP contribution in [0.5, 0.6) is 5.75 Å². The van der Waals surface area contributed by atoms with Gasteiger partial charge in [-0.3, -0.25) is 0 Å². The van der Waals surface area contributed by atoms with Gasteiger partial charge >= 0.3 is 12.0 Å². The van der Waals surface area contributed by atoms with Crippen LogP contribution in [0.25, 0.3) is 0 Å². The van der Waals surface area contributed by atoms with E-state index < -0.39 is 18.0 Å². The normalized spacial score (nSPS) is 18.4. The highest BCUT2D eigenvalue weighted by atomic mass is 16.5. The van der Waals surface area contributed by atoms with Crippen molar-refractivity contribution < 1.29 is 19.4 Å². The molecule has 2 rings (SSSR count). The highest BCUT2D eigenvalue weighted by molar-refractivity contribution is 5.82. The lowest BCUT2D eigenvalue weighted by atomic mass is 10.0. The van der Waals surface area contributed by atoms with Gasteiger partial charge in [-0.15, -0.1) is 0 Å². The van der Waals surface area contributed by atoms with Crippen LogP contribution < -0.4 is 15.4 Å². The summed E-state index contributed by atoms with van der Waals surface area (Å²) in [7, 11) is 0. The molecule has 2 amide bonds. The number of hydrogen-bond acceptors (Lipinski definition) is 3. The van der Waals surface area contributed by atoms with Gasteiger partial charge in [0.05, 0.1) is 12.6 Å². The van der Waals surface area contributed by atoms with Gasteiger partial charge in [0.15, 0.2) is 0 Å². The van der Waals surface area contributed by atoms with Gasteiger partial charge in [0, 0.05) is 12.0 Å². The molecule has 0 aliphatic carbocycles. The first kappa shape index (κ1) is 14.2. The molecule has 0 fully saturated rings. The van der Waals surface area contributed by atoms with E-state index in [-0.39, 0.29) is 6.04 Å². The smallest absolute Gasteiger partial charge is 0.326 e. The number of fused-ring (bicyclic) bond motifs is 1. The van der Waals surface area contributed by atoms with Crippen LogP contribution in [0.2, 0.25) is 0 Å². The third-order valence-electron chi connectivity index (χ3n) is 3.28. The zero-order chi connectivity index (χ0) is 14.5. The Morgan fingerprint density at radius 3 is 2.90 bits per heavy atom. The second-order valence-corrected chi connectivity index (χ2v) is 4.64. The molecular formula is C14H18N2O4. The van der Waals surface area contributed by atoms with E-state index >= 15 is 0 Å². The second kappa shape index (κ2) is 6.27. The van der Waals surface area contributed by atoms with Crippen molar-refractivity contribution in [2.75, 3.05) is 6.61 Å². The monoisotopic (exact) mass is 278 g/mol. The third kappa shape index (κ3) is 3.20. The maximum absolute atomic E-state index is 11.9. The number of amides is 2. The summed E-state index contributed by atoms with van der Waals surface area (Å²) in [5.41, 5.74) is 0.914. The molecule has 1 heterocycles. The maximum atomic E-state index is 11.9. The molecule has 3 N–H and O–H groups in total. The van der Waals surface area contributed by atoms with Gasteiger partial charge in [0.25, 0.3) is 0 Å². The molecule has 1 aliphatic heterocycles. The van der Waals surface area contributed by atoms with Gasteiger partial charge < -0.3 is 20.5 Å². The Hall–Kier alpha value is -2.24. The number of carboxylic acids is 1. The summed E-state index contributed by atoms with van der Waals surface area (Å²) < 4.78 is 5.51. The molecule has 0 spiro atoms. The molecule has 6 nitrogen and oxygen atoms in total. The molecule has 1 aliphatic rings. The molecule has 108 valence electrons. The van der Waals surface area contributed by atoms with Crippen molar-refractivity contribution in [3.63, 3.8) is 0 Å². The van der Waals surface area contributed by atoms with Crippen molar-refractivity contribution in [2.24, 2.45) is 0 Å². The molecule has 1 aromatic carbocycles. The molecule has 0 saturated carbocycles. The Morgan fingerprint density at radius 2 is 2.20 bits per heavy atom. The van der Waals surface area contributed by atoms with Crippen LogP contribution in [0, 0.1) is 0 Å². The van der Waals surface area contributed by atoms with E-state index in [1.807, 2.05) is 24.3 Å². The van der Waals surface area contributed by atoms with E-state index in [4.69, 9.17) is 9.84 Å². The number of urea groups is 1. The molecule has 2 atom stereocenters. The van der Waals surface area contributed by atoms with Crippen LogP contribution in [0.3, 0.4) is 0 Å². The predicted molar refractivity (Wildman–Crippen MR) is 72.7 cm³/mol. The van der Waals surface area contributed by atoms with Gasteiger partial charge in [-0.25, -0.2) is 9.59 Å². The number of nitrogens with one attached hydrogen (secondary N) is 2. The number of carboxylic acid groups (broad SMARTS) is 1. The molecule has 0 radical (unpaired) electrons. The van der Waals surface area contributed by atoms with Crippen molar-refractivity contribution in [2.45, 2.75) is 31.8 Å². The van der Waals surface area contributed by atoms with Crippen molar-refractivity contribution in [3.05, 3.63) is 29.8 Å². The molecule has 0 saturated heterocycles. The summed E-state index contributed by atoms with van der Waals surface area (Å²) in [5.74, 6) is -0.274. The minimum Gasteiger partial charge on any atom is -0.493 e. The van der Waals surface area contributed by atoms with Gasteiger partial charge in [-0.1, -0.05) is 25.1 Å². The molecule has 1 aromatic rings. The first-order chi connectivity index (χ1) is 9.61. The summed E-state index contributed by atoms with van der Waals surface area (Å²) >= 11 is 0. The molecular weight excluding hydrogens is 260 g/mol. The highest BCUT2D eigenvalue weighted by Crippen LogP contribution is 2.31. The van der Waals surface area contributed by atoms with E-state index in [0.717, 1.165) is 11.3 Å². The summed E-state index contributed by atoms with van der Waals surface area (Å²) in [5, 5.41) is 14.2. The predicted octanol–water partition coefficient (Wildman–Crippen LogP) is 1.67. The molecule has 0 bridgehead atoms. The lowest BCUT2D eigenvalue weighted by Gasteiger charge is -2.27. The Balaban J connectivity index is 2.01. The number of carbonyl (C=O) groups excluding carboxylic acids is 1. The number of benzene rings is 1. The number of para-hydroxylation sites is 1. The number of ether oxygens (including phenoxy) is 1. The summed E-state index contributed by atoms with van der Waals surface area (Å²) in [6.45, 7) is 2.24. The lowest BCUT2D eigenvalue weighted by Crippen LogP contribution is -2.47. The number of rotatable bonds is 4. The molecule has 20 heavy (non-hydrogen) atoms. The van der Waals surface area contributed by atoms with Crippen LogP contribution in [0.15, 0.2) is 24.3 Å². The van der Waals surface area contributed by atoms with E-state index in [2.05, 4.69) is 10.6 Å². The molecule has 2 unspecified atom stereocenters. The molecule has 0 aromatic heterocycles. The Bertz CT molecular complexity index is 504.